The quantitative estimate of drug-likeness (QED) is 0.616. The van der Waals surface area contributed by atoms with Gasteiger partial charge in [0.15, 0.2) is 5.02 Å². The predicted octanol–water partition coefficient (Wildman–Crippen LogP) is 1.23. The largest absolute Gasteiger partial charge is 0.408 e. The van der Waals surface area contributed by atoms with Gasteiger partial charge < -0.3 is 20.0 Å². The summed E-state index contributed by atoms with van der Waals surface area (Å²) in [5.41, 5.74) is 0. The van der Waals surface area contributed by atoms with Crippen molar-refractivity contribution in [3.05, 3.63) is 21.3 Å². The van der Waals surface area contributed by atoms with Crippen LogP contribution in [0.5, 0.6) is 0 Å². The zero-order valence-corrected chi connectivity index (χ0v) is 10.3. The molecule has 0 radical (unpaired) electrons. The fourth-order valence-corrected chi connectivity index (χ4v) is 1.40. The summed E-state index contributed by atoms with van der Waals surface area (Å²) in [5, 5.41) is 23.7. The SMILES string of the molecule is CC(C)OCC(O)Cn1cc(Cl)c([N+](=O)[O-])n1. The molecule has 0 amide bonds. The van der Waals surface area contributed by atoms with E-state index >= 15 is 0 Å². The van der Waals surface area contributed by atoms with E-state index in [1.165, 1.54) is 10.9 Å². The highest BCUT2D eigenvalue weighted by Gasteiger charge is 2.20. The molecule has 1 atom stereocenters. The van der Waals surface area contributed by atoms with Crippen LogP contribution in [0.4, 0.5) is 5.82 Å². The lowest BCUT2D eigenvalue weighted by atomic mass is 10.3. The van der Waals surface area contributed by atoms with Crippen molar-refractivity contribution in [2.45, 2.75) is 32.6 Å². The molecule has 7 nitrogen and oxygen atoms in total. The number of aromatic nitrogens is 2. The second-order valence-electron chi connectivity index (χ2n) is 3.82. The van der Waals surface area contributed by atoms with E-state index < -0.39 is 16.8 Å². The van der Waals surface area contributed by atoms with Crippen LogP contribution < -0.4 is 0 Å². The number of hydrogen-bond donors (Lipinski definition) is 1. The highest BCUT2D eigenvalue weighted by molar-refractivity contribution is 6.32. The van der Waals surface area contributed by atoms with Gasteiger partial charge in [-0.3, -0.25) is 0 Å². The van der Waals surface area contributed by atoms with Crippen LogP contribution in [0, 0.1) is 10.1 Å². The van der Waals surface area contributed by atoms with Gasteiger partial charge in [-0.1, -0.05) is 11.6 Å². The first kappa shape index (κ1) is 13.9. The van der Waals surface area contributed by atoms with Crippen LogP contribution in [0.2, 0.25) is 5.02 Å². The van der Waals surface area contributed by atoms with Gasteiger partial charge in [0.05, 0.1) is 36.7 Å². The summed E-state index contributed by atoms with van der Waals surface area (Å²) >= 11 is 5.61. The number of rotatable bonds is 6. The zero-order valence-electron chi connectivity index (χ0n) is 9.54. The van der Waals surface area contributed by atoms with Crippen LogP contribution in [0.15, 0.2) is 6.20 Å². The number of nitrogens with zero attached hydrogens (tertiary/aromatic N) is 3. The Kier molecular flexibility index (Phi) is 4.86. The third kappa shape index (κ3) is 4.29. The second kappa shape index (κ2) is 5.95. The summed E-state index contributed by atoms with van der Waals surface area (Å²) in [6.07, 6.45) is 0.534. The molecule has 1 N–H and O–H groups in total. The molecule has 0 fully saturated rings. The molecule has 0 aliphatic carbocycles. The Morgan fingerprint density at radius 1 is 1.71 bits per heavy atom. The Hall–Kier alpha value is -1.18. The van der Waals surface area contributed by atoms with E-state index in [0.717, 1.165) is 0 Å². The van der Waals surface area contributed by atoms with Crippen molar-refractivity contribution in [2.75, 3.05) is 6.61 Å². The van der Waals surface area contributed by atoms with Crippen LogP contribution in [0.1, 0.15) is 13.8 Å². The third-order valence-electron chi connectivity index (χ3n) is 1.89. The van der Waals surface area contributed by atoms with Crippen LogP contribution in [-0.2, 0) is 11.3 Å². The van der Waals surface area contributed by atoms with Crippen molar-refractivity contribution in [3.63, 3.8) is 0 Å². The topological polar surface area (TPSA) is 90.4 Å². The van der Waals surface area contributed by atoms with Crippen LogP contribution in [-0.4, -0.2) is 38.6 Å². The molecule has 0 aromatic carbocycles. The maximum absolute atomic E-state index is 10.5. The standard InChI is InChI=1S/C9H14ClN3O4/c1-6(2)17-5-7(14)3-12-4-8(10)9(11-12)13(15)16/h4,6-7,14H,3,5H2,1-2H3. The number of aliphatic hydroxyl groups excluding tert-OH is 1. The van der Waals surface area contributed by atoms with Gasteiger partial charge in [0.25, 0.3) is 0 Å². The van der Waals surface area contributed by atoms with Gasteiger partial charge >= 0.3 is 5.82 Å². The minimum Gasteiger partial charge on any atom is -0.389 e. The van der Waals surface area contributed by atoms with Crippen LogP contribution >= 0.6 is 11.6 Å². The number of nitro groups is 1. The van der Waals surface area contributed by atoms with E-state index in [1.54, 1.807) is 0 Å². The molecule has 1 aromatic heterocycles. The Balaban J connectivity index is 2.57. The van der Waals surface area contributed by atoms with Gasteiger partial charge in [-0.05, 0) is 18.8 Å². The Bertz CT molecular complexity index is 394. The van der Waals surface area contributed by atoms with Crippen molar-refractivity contribution in [2.24, 2.45) is 0 Å². The van der Waals surface area contributed by atoms with Gasteiger partial charge in [-0.15, -0.1) is 0 Å². The van der Waals surface area contributed by atoms with E-state index in [1.807, 2.05) is 13.8 Å². The monoisotopic (exact) mass is 263 g/mol. The average Bonchev–Trinajstić information content (AvgIpc) is 2.56. The lowest BCUT2D eigenvalue weighted by Gasteiger charge is -2.11. The van der Waals surface area contributed by atoms with Crippen LogP contribution in [0.3, 0.4) is 0 Å². The number of halogens is 1. The fourth-order valence-electron chi connectivity index (χ4n) is 1.18. The number of aliphatic hydroxyl groups is 1. The van der Waals surface area contributed by atoms with Crippen molar-refractivity contribution in [1.29, 1.82) is 0 Å². The van der Waals surface area contributed by atoms with Crippen molar-refractivity contribution in [1.82, 2.24) is 9.78 Å². The molecule has 0 spiro atoms. The molecule has 17 heavy (non-hydrogen) atoms. The van der Waals surface area contributed by atoms with Gasteiger partial charge in [-0.2, -0.15) is 4.68 Å². The average molecular weight is 264 g/mol. The first-order valence-electron chi connectivity index (χ1n) is 5.07. The van der Waals surface area contributed by atoms with Crippen LogP contribution in [0.25, 0.3) is 0 Å². The van der Waals surface area contributed by atoms with Gasteiger partial charge in [-0.25, -0.2) is 0 Å². The summed E-state index contributed by atoms with van der Waals surface area (Å²) in [6, 6.07) is 0. The van der Waals surface area contributed by atoms with Gasteiger partial charge in [0.1, 0.15) is 0 Å². The number of hydrogen-bond acceptors (Lipinski definition) is 5. The molecule has 0 saturated heterocycles. The van der Waals surface area contributed by atoms with E-state index in [9.17, 15) is 15.2 Å². The molecular formula is C9H14ClN3O4. The smallest absolute Gasteiger partial charge is 0.389 e. The van der Waals surface area contributed by atoms with Gasteiger partial charge in [0.2, 0.25) is 0 Å². The number of ether oxygens (including phenoxy) is 1. The summed E-state index contributed by atoms with van der Waals surface area (Å²) < 4.78 is 6.43. The lowest BCUT2D eigenvalue weighted by Crippen LogP contribution is -2.24. The maximum atomic E-state index is 10.5. The molecular weight excluding hydrogens is 250 g/mol. The molecule has 96 valence electrons. The van der Waals surface area contributed by atoms with E-state index in [4.69, 9.17) is 16.3 Å². The first-order chi connectivity index (χ1) is 7.90. The normalized spacial score (nSPS) is 13.0. The molecule has 0 aliphatic rings. The van der Waals surface area contributed by atoms with Crippen molar-refractivity contribution < 1.29 is 14.8 Å². The summed E-state index contributed by atoms with van der Waals surface area (Å²) in [5.74, 6) is -0.413. The highest BCUT2D eigenvalue weighted by Crippen LogP contribution is 2.21. The Morgan fingerprint density at radius 3 is 2.82 bits per heavy atom. The maximum Gasteiger partial charge on any atom is 0.408 e. The summed E-state index contributed by atoms with van der Waals surface area (Å²) in [4.78, 5) is 9.82. The summed E-state index contributed by atoms with van der Waals surface area (Å²) in [6.45, 7) is 3.94. The Morgan fingerprint density at radius 2 is 2.35 bits per heavy atom. The molecule has 1 rings (SSSR count). The van der Waals surface area contributed by atoms with E-state index in [2.05, 4.69) is 5.10 Å². The van der Waals surface area contributed by atoms with Gasteiger partial charge in [0, 0.05) is 0 Å². The highest BCUT2D eigenvalue weighted by atomic mass is 35.5. The molecule has 1 unspecified atom stereocenters. The molecule has 1 aromatic rings. The van der Waals surface area contributed by atoms with Crippen molar-refractivity contribution in [3.8, 4) is 0 Å². The molecule has 8 heteroatoms. The minimum atomic E-state index is -0.784. The zero-order chi connectivity index (χ0) is 13.0. The Labute approximate surface area is 103 Å². The molecule has 0 saturated carbocycles. The lowest BCUT2D eigenvalue weighted by molar-refractivity contribution is -0.389. The minimum absolute atomic E-state index is 0.0141. The molecule has 1 heterocycles. The first-order valence-corrected chi connectivity index (χ1v) is 5.45. The van der Waals surface area contributed by atoms with Crippen molar-refractivity contribution >= 4 is 17.4 Å². The second-order valence-corrected chi connectivity index (χ2v) is 4.22. The third-order valence-corrected chi connectivity index (χ3v) is 2.16. The predicted molar refractivity (Wildman–Crippen MR) is 61.0 cm³/mol. The molecule has 0 bridgehead atoms. The molecule has 0 aliphatic heterocycles. The fraction of sp³-hybridized carbons (Fsp3) is 0.667. The summed E-state index contributed by atoms with van der Waals surface area (Å²) in [7, 11) is 0. The van der Waals surface area contributed by atoms with E-state index in [0.29, 0.717) is 0 Å². The van der Waals surface area contributed by atoms with E-state index in [-0.39, 0.29) is 24.3 Å².